The fourth-order valence-electron chi connectivity index (χ4n) is 2.27. The zero-order valence-electron chi connectivity index (χ0n) is 12.4. The van der Waals surface area contributed by atoms with Crippen LogP contribution in [0.1, 0.15) is 0 Å². The highest BCUT2D eigenvalue weighted by atomic mass is 127. The molecule has 0 saturated carbocycles. The molecule has 23 heavy (non-hydrogen) atoms. The van der Waals surface area contributed by atoms with Gasteiger partial charge in [-0.1, -0.05) is 18.2 Å². The number of nitrogens with zero attached hydrogens (tertiary/aromatic N) is 2. The minimum Gasteiger partial charge on any atom is -0.506 e. The molecule has 0 spiro atoms. The number of rotatable bonds is 4. The Morgan fingerprint density at radius 3 is 2.52 bits per heavy atom. The Hall–Kier alpha value is -1.48. The summed E-state index contributed by atoms with van der Waals surface area (Å²) in [6.45, 7) is 5.51. The van der Waals surface area contributed by atoms with E-state index in [0.717, 1.165) is 3.57 Å². The summed E-state index contributed by atoms with van der Waals surface area (Å²) in [7, 11) is 0. The molecule has 2 N–H and O–H groups in total. The highest BCUT2D eigenvalue weighted by Gasteiger charge is 2.22. The third kappa shape index (κ3) is 4.51. The van der Waals surface area contributed by atoms with E-state index in [1.807, 2.05) is 0 Å². The first-order valence-electron chi connectivity index (χ1n) is 7.03. The van der Waals surface area contributed by atoms with Gasteiger partial charge in [0.05, 0.1) is 17.3 Å². The first-order valence-corrected chi connectivity index (χ1v) is 8.49. The predicted octanol–water partition coefficient (Wildman–Crippen LogP) is 1.92. The third-order valence-corrected chi connectivity index (χ3v) is 5.11. The van der Waals surface area contributed by atoms with Crippen LogP contribution in [0.3, 0.4) is 0 Å². The lowest BCUT2D eigenvalue weighted by Gasteiger charge is -2.34. The molecule has 1 fully saturated rings. The number of halogens is 2. The highest BCUT2D eigenvalue weighted by molar-refractivity contribution is 14.1. The van der Waals surface area contributed by atoms with Crippen molar-refractivity contribution in [1.82, 2.24) is 9.80 Å². The van der Waals surface area contributed by atoms with E-state index < -0.39 is 0 Å². The number of anilines is 1. The van der Waals surface area contributed by atoms with Gasteiger partial charge >= 0.3 is 0 Å². The van der Waals surface area contributed by atoms with Crippen molar-refractivity contribution >= 4 is 51.7 Å². The quantitative estimate of drug-likeness (QED) is 0.419. The van der Waals surface area contributed by atoms with Crippen molar-refractivity contribution in [1.29, 1.82) is 0 Å². The molecule has 0 unspecified atom stereocenters. The van der Waals surface area contributed by atoms with Crippen molar-refractivity contribution in [2.45, 2.75) is 0 Å². The molecule has 8 heteroatoms. The van der Waals surface area contributed by atoms with Crippen LogP contribution in [-0.4, -0.2) is 59.4 Å². The normalized spacial score (nSPS) is 14.5. The fraction of sp³-hybridized carbons (Fsp3) is 0.333. The summed E-state index contributed by atoms with van der Waals surface area (Å²) in [4.78, 5) is 27.1. The Balaban J connectivity index is 1.88. The zero-order valence-corrected chi connectivity index (χ0v) is 15.3. The van der Waals surface area contributed by atoms with Crippen LogP contribution in [0.15, 0.2) is 24.8 Å². The zero-order chi connectivity index (χ0) is 17.0. The van der Waals surface area contributed by atoms with Crippen LogP contribution in [-0.2, 0) is 9.59 Å². The Bertz CT molecular complexity index is 631. The average molecular weight is 450 g/mol. The van der Waals surface area contributed by atoms with E-state index in [2.05, 4.69) is 34.5 Å². The van der Waals surface area contributed by atoms with Crippen LogP contribution < -0.4 is 5.32 Å². The van der Waals surface area contributed by atoms with Gasteiger partial charge in [0.15, 0.2) is 0 Å². The molecule has 2 amide bonds. The molecular weight excluding hydrogens is 433 g/mol. The topological polar surface area (TPSA) is 72.9 Å². The van der Waals surface area contributed by atoms with Gasteiger partial charge in [0.2, 0.25) is 11.8 Å². The molecule has 1 saturated heterocycles. The van der Waals surface area contributed by atoms with Gasteiger partial charge < -0.3 is 20.2 Å². The summed E-state index contributed by atoms with van der Waals surface area (Å²) in [6.07, 6.45) is 1.28. The molecule has 0 aliphatic carbocycles. The van der Waals surface area contributed by atoms with Crippen LogP contribution in [0, 0.1) is 3.57 Å². The van der Waals surface area contributed by atoms with Crippen molar-refractivity contribution in [3.8, 4) is 5.75 Å². The second-order valence-corrected chi connectivity index (χ2v) is 6.62. The van der Waals surface area contributed by atoms with Gasteiger partial charge in [-0.05, 0) is 34.7 Å². The maximum absolute atomic E-state index is 12.2. The Labute approximate surface area is 153 Å². The lowest BCUT2D eigenvalue weighted by Crippen LogP contribution is -2.51. The molecule has 0 atom stereocenters. The van der Waals surface area contributed by atoms with Gasteiger partial charge in [0.25, 0.3) is 0 Å². The molecule has 1 aromatic carbocycles. The van der Waals surface area contributed by atoms with E-state index in [-0.39, 0.29) is 24.1 Å². The lowest BCUT2D eigenvalue weighted by molar-refractivity contribution is -0.135. The van der Waals surface area contributed by atoms with Gasteiger partial charge in [-0.3, -0.25) is 9.59 Å². The van der Waals surface area contributed by atoms with Crippen LogP contribution >= 0.6 is 34.2 Å². The summed E-state index contributed by atoms with van der Waals surface area (Å²) in [6, 6.07) is 3.13. The van der Waals surface area contributed by atoms with Gasteiger partial charge in [-0.25, -0.2) is 0 Å². The number of aromatic hydroxyl groups is 1. The maximum Gasteiger partial charge on any atom is 0.246 e. The highest BCUT2D eigenvalue weighted by Crippen LogP contribution is 2.31. The predicted molar refractivity (Wildman–Crippen MR) is 97.7 cm³/mol. The first kappa shape index (κ1) is 17.9. The number of phenols is 1. The van der Waals surface area contributed by atoms with E-state index in [0.29, 0.717) is 36.9 Å². The van der Waals surface area contributed by atoms with Crippen molar-refractivity contribution in [3.05, 3.63) is 33.4 Å². The minimum atomic E-state index is -0.115. The Morgan fingerprint density at radius 2 is 1.91 bits per heavy atom. The second kappa shape index (κ2) is 7.87. The number of hydrogen-bond acceptors (Lipinski definition) is 4. The van der Waals surface area contributed by atoms with Gasteiger partial charge in [0, 0.05) is 35.8 Å². The molecule has 0 aromatic heterocycles. The summed E-state index contributed by atoms with van der Waals surface area (Å²) in [5.41, 5.74) is 0.465. The van der Waals surface area contributed by atoms with E-state index in [9.17, 15) is 14.7 Å². The van der Waals surface area contributed by atoms with E-state index >= 15 is 0 Å². The number of benzene rings is 1. The van der Waals surface area contributed by atoms with Gasteiger partial charge in [-0.2, -0.15) is 0 Å². The van der Waals surface area contributed by atoms with E-state index in [1.54, 1.807) is 15.9 Å². The lowest BCUT2D eigenvalue weighted by atomic mass is 10.2. The number of piperazine rings is 1. The molecule has 1 aliphatic heterocycles. The minimum absolute atomic E-state index is 0.00427. The van der Waals surface area contributed by atoms with Crippen LogP contribution in [0.5, 0.6) is 5.75 Å². The largest absolute Gasteiger partial charge is 0.506 e. The van der Waals surface area contributed by atoms with Crippen LogP contribution in [0.2, 0.25) is 5.02 Å². The molecule has 6 nitrogen and oxygen atoms in total. The number of nitrogens with one attached hydrogen (secondary N) is 1. The molecule has 0 radical (unpaired) electrons. The molecule has 2 rings (SSSR count). The monoisotopic (exact) mass is 449 g/mol. The van der Waals surface area contributed by atoms with Gasteiger partial charge in [-0.15, -0.1) is 0 Å². The molecular formula is C15H17ClIN3O3. The van der Waals surface area contributed by atoms with Crippen molar-refractivity contribution < 1.29 is 14.7 Å². The molecule has 0 bridgehead atoms. The smallest absolute Gasteiger partial charge is 0.246 e. The van der Waals surface area contributed by atoms with Crippen molar-refractivity contribution in [2.24, 2.45) is 0 Å². The van der Waals surface area contributed by atoms with Gasteiger partial charge in [0.1, 0.15) is 5.75 Å². The number of phenolic OH excluding ortho intramolecular Hbond substituents is 1. The van der Waals surface area contributed by atoms with Crippen molar-refractivity contribution in [2.75, 3.05) is 38.0 Å². The number of amides is 2. The van der Waals surface area contributed by atoms with E-state index in [4.69, 9.17) is 11.6 Å². The summed E-state index contributed by atoms with van der Waals surface area (Å²) in [5, 5.41) is 13.2. The molecule has 1 heterocycles. The molecule has 1 aliphatic rings. The van der Waals surface area contributed by atoms with Crippen LogP contribution in [0.4, 0.5) is 5.69 Å². The number of hydrogen-bond donors (Lipinski definition) is 2. The number of carbonyl (C=O) groups excluding carboxylic acids is 2. The Kier molecular flexibility index (Phi) is 6.11. The molecule has 1 aromatic rings. The molecule has 124 valence electrons. The number of carbonyl (C=O) groups is 2. The third-order valence-electron chi connectivity index (χ3n) is 3.59. The SMILES string of the molecule is C=CC(=O)N1CCN(C(=O)CNc2cc(I)c(Cl)cc2O)CC1. The van der Waals surface area contributed by atoms with Crippen molar-refractivity contribution in [3.63, 3.8) is 0 Å². The summed E-state index contributed by atoms with van der Waals surface area (Å²) >= 11 is 7.97. The van der Waals surface area contributed by atoms with E-state index in [1.165, 1.54) is 12.1 Å². The Morgan fingerprint density at radius 1 is 1.30 bits per heavy atom. The fourth-order valence-corrected chi connectivity index (χ4v) is 2.89. The van der Waals surface area contributed by atoms with Crippen LogP contribution in [0.25, 0.3) is 0 Å². The summed E-state index contributed by atoms with van der Waals surface area (Å²) < 4.78 is 0.786. The maximum atomic E-state index is 12.2. The average Bonchev–Trinajstić information content (AvgIpc) is 2.56. The standard InChI is InChI=1S/C15H17ClIN3O3/c1-2-14(22)19-3-5-20(6-4-19)15(23)9-18-12-8-11(17)10(16)7-13(12)21/h2,7-8,18,21H,1,3-6,9H2. The second-order valence-electron chi connectivity index (χ2n) is 5.05. The summed E-state index contributed by atoms with van der Waals surface area (Å²) in [5.74, 6) is -0.194. The first-order chi connectivity index (χ1) is 10.9.